The number of ether oxygens (including phenoxy) is 2. The predicted molar refractivity (Wildman–Crippen MR) is 64.7 cm³/mol. The minimum absolute atomic E-state index is 0.0459. The average Bonchev–Trinajstić information content (AvgIpc) is 2.39. The number of methoxy groups -OCH3 is 1. The van der Waals surface area contributed by atoms with E-state index < -0.39 is 0 Å². The Labute approximate surface area is 99.8 Å². The van der Waals surface area contributed by atoms with Crippen molar-refractivity contribution in [3.63, 3.8) is 0 Å². The molecule has 0 spiro atoms. The maximum atomic E-state index is 7.41. The minimum atomic E-state index is -0.365. The first-order chi connectivity index (χ1) is 8.22. The molecule has 17 heavy (non-hydrogen) atoms. The molecule has 0 aromatic carbocycles. The Hall–Kier alpha value is -1.82. The molecule has 3 N–H and O–H groups in total. The first-order valence-corrected chi connectivity index (χ1v) is 5.42. The summed E-state index contributed by atoms with van der Waals surface area (Å²) in [6.07, 6.45) is 1.35. The molecule has 6 heteroatoms. The Kier molecular flexibility index (Phi) is 3.43. The topological polar surface area (TPSA) is 84.5 Å². The van der Waals surface area contributed by atoms with Crippen molar-refractivity contribution in [2.45, 2.75) is 6.10 Å². The summed E-state index contributed by atoms with van der Waals surface area (Å²) in [5.41, 5.74) is 5.46. The molecule has 1 aromatic rings. The Morgan fingerprint density at radius 1 is 1.71 bits per heavy atom. The molecule has 0 bridgehead atoms. The molecule has 1 atom stereocenters. The highest BCUT2D eigenvalue weighted by molar-refractivity contribution is 5.82. The molecule has 0 amide bonds. The molecule has 2 heterocycles. The van der Waals surface area contributed by atoms with Crippen molar-refractivity contribution in [3.05, 3.63) is 18.3 Å². The summed E-state index contributed by atoms with van der Waals surface area (Å²) in [5.74, 6) is 1.53. The number of amidine groups is 1. The van der Waals surface area contributed by atoms with E-state index in [1.807, 2.05) is 17.0 Å². The maximum absolute atomic E-state index is 7.41. The number of nitrogens with zero attached hydrogens (tertiary/aromatic N) is 2. The molecule has 0 radical (unpaired) electrons. The number of hydrogen-bond acceptors (Lipinski definition) is 5. The zero-order chi connectivity index (χ0) is 12.3. The lowest BCUT2D eigenvalue weighted by molar-refractivity contribution is 0.0821. The third-order valence-corrected chi connectivity index (χ3v) is 2.68. The number of nitrogens with two attached hydrogens (primary N) is 1. The quantitative estimate of drug-likeness (QED) is 0.579. The van der Waals surface area contributed by atoms with E-state index in [-0.39, 0.29) is 11.9 Å². The van der Waals surface area contributed by atoms with E-state index in [0.29, 0.717) is 13.2 Å². The lowest BCUT2D eigenvalue weighted by Gasteiger charge is -2.33. The Morgan fingerprint density at radius 2 is 2.53 bits per heavy atom. The lowest BCUT2D eigenvalue weighted by Crippen LogP contribution is -2.48. The number of rotatable bonds is 3. The second-order valence-electron chi connectivity index (χ2n) is 3.79. The van der Waals surface area contributed by atoms with E-state index >= 15 is 0 Å². The molecule has 2 rings (SSSR count). The first-order valence-electron chi connectivity index (χ1n) is 5.42. The van der Waals surface area contributed by atoms with Crippen LogP contribution in [0.5, 0.6) is 5.75 Å². The van der Waals surface area contributed by atoms with Crippen molar-refractivity contribution >= 4 is 11.7 Å². The summed E-state index contributed by atoms with van der Waals surface area (Å²) in [5, 5.41) is 7.41. The molecule has 1 aromatic heterocycles. The highest BCUT2D eigenvalue weighted by Gasteiger charge is 2.25. The SMILES string of the molecule is COc1cccnc1N1CCOC(C(=N)N)C1. The van der Waals surface area contributed by atoms with Crippen LogP contribution in [0.25, 0.3) is 0 Å². The van der Waals surface area contributed by atoms with Gasteiger partial charge < -0.3 is 20.1 Å². The van der Waals surface area contributed by atoms with Crippen LogP contribution in [-0.4, -0.2) is 43.7 Å². The standard InChI is InChI=1S/C11H16N4O2/c1-16-8-3-2-4-14-11(8)15-5-6-17-9(7-15)10(12)13/h2-4,9H,5-7H2,1H3,(H3,12,13). The zero-order valence-electron chi connectivity index (χ0n) is 9.72. The second kappa shape index (κ2) is 5.01. The van der Waals surface area contributed by atoms with Crippen LogP contribution in [-0.2, 0) is 4.74 Å². The van der Waals surface area contributed by atoms with Gasteiger partial charge in [0.1, 0.15) is 11.9 Å². The summed E-state index contributed by atoms with van der Waals surface area (Å²) >= 11 is 0. The van der Waals surface area contributed by atoms with Crippen molar-refractivity contribution in [3.8, 4) is 5.75 Å². The Bertz CT molecular complexity index is 410. The van der Waals surface area contributed by atoms with Crippen LogP contribution < -0.4 is 15.4 Å². The fraction of sp³-hybridized carbons (Fsp3) is 0.455. The molecule has 1 fully saturated rings. The van der Waals surface area contributed by atoms with Crippen molar-refractivity contribution in [1.29, 1.82) is 5.41 Å². The average molecular weight is 236 g/mol. The van der Waals surface area contributed by atoms with Gasteiger partial charge in [-0.25, -0.2) is 4.98 Å². The monoisotopic (exact) mass is 236 g/mol. The van der Waals surface area contributed by atoms with Gasteiger partial charge in [0.15, 0.2) is 11.6 Å². The van der Waals surface area contributed by atoms with Gasteiger partial charge in [-0.05, 0) is 12.1 Å². The zero-order valence-corrected chi connectivity index (χ0v) is 9.72. The van der Waals surface area contributed by atoms with Gasteiger partial charge >= 0.3 is 0 Å². The summed E-state index contributed by atoms with van der Waals surface area (Å²) in [6, 6.07) is 3.69. The van der Waals surface area contributed by atoms with E-state index in [9.17, 15) is 0 Å². The molecule has 0 saturated carbocycles. The van der Waals surface area contributed by atoms with Crippen molar-refractivity contribution < 1.29 is 9.47 Å². The third kappa shape index (κ3) is 2.47. The van der Waals surface area contributed by atoms with Gasteiger partial charge in [0.25, 0.3) is 0 Å². The van der Waals surface area contributed by atoms with Crippen LogP contribution in [0.1, 0.15) is 0 Å². The fourth-order valence-electron chi connectivity index (χ4n) is 1.81. The molecule has 92 valence electrons. The van der Waals surface area contributed by atoms with Gasteiger partial charge in [-0.2, -0.15) is 0 Å². The summed E-state index contributed by atoms with van der Waals surface area (Å²) in [6.45, 7) is 1.78. The van der Waals surface area contributed by atoms with E-state index in [2.05, 4.69) is 4.98 Å². The number of anilines is 1. The summed E-state index contributed by atoms with van der Waals surface area (Å²) in [4.78, 5) is 6.32. The first kappa shape index (κ1) is 11.7. The number of hydrogen-bond donors (Lipinski definition) is 2. The smallest absolute Gasteiger partial charge is 0.171 e. The van der Waals surface area contributed by atoms with E-state index in [4.69, 9.17) is 20.6 Å². The van der Waals surface area contributed by atoms with E-state index in [1.165, 1.54) is 0 Å². The van der Waals surface area contributed by atoms with Crippen molar-refractivity contribution in [2.24, 2.45) is 5.73 Å². The van der Waals surface area contributed by atoms with Crippen molar-refractivity contribution in [2.75, 3.05) is 31.7 Å². The molecule has 1 aliphatic heterocycles. The molecule has 0 aliphatic carbocycles. The molecule has 1 aliphatic rings. The molecule has 1 unspecified atom stereocenters. The van der Waals surface area contributed by atoms with Gasteiger partial charge in [0, 0.05) is 12.7 Å². The van der Waals surface area contributed by atoms with Gasteiger partial charge in [-0.3, -0.25) is 5.41 Å². The highest BCUT2D eigenvalue weighted by atomic mass is 16.5. The van der Waals surface area contributed by atoms with Crippen LogP contribution in [0.4, 0.5) is 5.82 Å². The van der Waals surface area contributed by atoms with Crippen LogP contribution in [0.15, 0.2) is 18.3 Å². The van der Waals surface area contributed by atoms with Crippen LogP contribution in [0.2, 0.25) is 0 Å². The number of pyridine rings is 1. The summed E-state index contributed by atoms with van der Waals surface area (Å²) < 4.78 is 10.7. The molecule has 1 saturated heterocycles. The Balaban J connectivity index is 2.18. The van der Waals surface area contributed by atoms with Gasteiger partial charge in [-0.15, -0.1) is 0 Å². The number of morpholine rings is 1. The highest BCUT2D eigenvalue weighted by Crippen LogP contribution is 2.26. The number of aromatic nitrogens is 1. The largest absolute Gasteiger partial charge is 0.493 e. The number of nitrogens with one attached hydrogen (secondary N) is 1. The van der Waals surface area contributed by atoms with E-state index in [0.717, 1.165) is 18.1 Å². The van der Waals surface area contributed by atoms with Crippen LogP contribution >= 0.6 is 0 Å². The summed E-state index contributed by atoms with van der Waals surface area (Å²) in [7, 11) is 1.61. The van der Waals surface area contributed by atoms with Gasteiger partial charge in [-0.1, -0.05) is 0 Å². The van der Waals surface area contributed by atoms with Crippen LogP contribution in [0.3, 0.4) is 0 Å². The lowest BCUT2D eigenvalue weighted by atomic mass is 10.2. The minimum Gasteiger partial charge on any atom is -0.493 e. The predicted octanol–water partition coefficient (Wildman–Crippen LogP) is 0.231. The maximum Gasteiger partial charge on any atom is 0.171 e. The van der Waals surface area contributed by atoms with Gasteiger partial charge in [0.2, 0.25) is 0 Å². The fourth-order valence-corrected chi connectivity index (χ4v) is 1.81. The van der Waals surface area contributed by atoms with Crippen LogP contribution in [0, 0.1) is 5.41 Å². The van der Waals surface area contributed by atoms with Gasteiger partial charge in [0.05, 0.1) is 20.3 Å². The van der Waals surface area contributed by atoms with E-state index in [1.54, 1.807) is 13.3 Å². The molecular formula is C11H16N4O2. The molecular weight excluding hydrogens is 220 g/mol. The third-order valence-electron chi connectivity index (χ3n) is 2.68. The Morgan fingerprint density at radius 3 is 3.24 bits per heavy atom. The van der Waals surface area contributed by atoms with Crippen molar-refractivity contribution in [1.82, 2.24) is 4.98 Å². The second-order valence-corrected chi connectivity index (χ2v) is 3.79. The molecule has 6 nitrogen and oxygen atoms in total. The normalized spacial score (nSPS) is 20.1.